The summed E-state index contributed by atoms with van der Waals surface area (Å²) >= 11 is 6.40. The molecule has 0 saturated carbocycles. The maximum absolute atomic E-state index is 6.40. The van der Waals surface area contributed by atoms with Gasteiger partial charge in [0.1, 0.15) is 5.03 Å². The second-order valence-electron chi connectivity index (χ2n) is 5.35. The Bertz CT molecular complexity index is 894. The molecule has 1 aromatic heterocycles. The summed E-state index contributed by atoms with van der Waals surface area (Å²) in [6, 6.07) is 13.3. The Hall–Kier alpha value is -2.92. The van der Waals surface area contributed by atoms with E-state index < -0.39 is 0 Å². The maximum Gasteiger partial charge on any atom is 0.238 e. The summed E-state index contributed by atoms with van der Waals surface area (Å²) in [6.07, 6.45) is 3.38. The van der Waals surface area contributed by atoms with Crippen LogP contribution in [0.2, 0.25) is 0 Å². The minimum Gasteiger partial charge on any atom is -0.493 e. The van der Waals surface area contributed by atoms with Gasteiger partial charge >= 0.3 is 0 Å². The SMILES string of the molecule is COc1cc(/C=C(\Cl)c2ncc(-c3ccccc3)o2)cc(OC)c1OC. The van der Waals surface area contributed by atoms with E-state index in [1.165, 1.54) is 0 Å². The average molecular weight is 372 g/mol. The third kappa shape index (κ3) is 3.68. The molecule has 134 valence electrons. The van der Waals surface area contributed by atoms with E-state index in [4.69, 9.17) is 30.2 Å². The summed E-state index contributed by atoms with van der Waals surface area (Å²) in [5.74, 6) is 2.59. The Morgan fingerprint density at radius 1 is 1.00 bits per heavy atom. The molecule has 0 amide bonds. The van der Waals surface area contributed by atoms with Gasteiger partial charge in [0.2, 0.25) is 11.6 Å². The van der Waals surface area contributed by atoms with Crippen LogP contribution in [0, 0.1) is 0 Å². The molecule has 0 unspecified atom stereocenters. The van der Waals surface area contributed by atoms with Crippen molar-refractivity contribution in [3.05, 3.63) is 60.1 Å². The minimum atomic E-state index is 0.333. The van der Waals surface area contributed by atoms with Gasteiger partial charge in [-0.2, -0.15) is 0 Å². The Morgan fingerprint density at radius 3 is 2.23 bits per heavy atom. The molecule has 3 aromatic rings. The van der Waals surface area contributed by atoms with E-state index in [0.29, 0.717) is 33.9 Å². The predicted octanol–water partition coefficient (Wildman–Crippen LogP) is 5.10. The van der Waals surface area contributed by atoms with Crippen molar-refractivity contribution in [3.8, 4) is 28.6 Å². The van der Waals surface area contributed by atoms with Crippen molar-refractivity contribution in [3.63, 3.8) is 0 Å². The van der Waals surface area contributed by atoms with Crippen LogP contribution >= 0.6 is 11.6 Å². The first-order valence-corrected chi connectivity index (χ1v) is 8.23. The zero-order valence-electron chi connectivity index (χ0n) is 14.7. The third-order valence-corrected chi connectivity index (χ3v) is 4.02. The summed E-state index contributed by atoms with van der Waals surface area (Å²) in [6.45, 7) is 0. The van der Waals surface area contributed by atoms with Gasteiger partial charge in [-0.3, -0.25) is 0 Å². The lowest BCUT2D eigenvalue weighted by atomic mass is 10.1. The molecule has 6 heteroatoms. The van der Waals surface area contributed by atoms with Crippen molar-refractivity contribution >= 4 is 22.7 Å². The van der Waals surface area contributed by atoms with Gasteiger partial charge in [0.25, 0.3) is 0 Å². The molecule has 0 atom stereocenters. The van der Waals surface area contributed by atoms with Crippen LogP contribution in [0.1, 0.15) is 11.5 Å². The predicted molar refractivity (Wildman–Crippen MR) is 102 cm³/mol. The largest absolute Gasteiger partial charge is 0.493 e. The van der Waals surface area contributed by atoms with Gasteiger partial charge in [0.05, 0.1) is 27.5 Å². The van der Waals surface area contributed by atoms with Crippen molar-refractivity contribution in [2.45, 2.75) is 0 Å². The van der Waals surface area contributed by atoms with E-state index in [1.807, 2.05) is 30.3 Å². The van der Waals surface area contributed by atoms with Crippen LogP contribution in [0.15, 0.2) is 53.1 Å². The van der Waals surface area contributed by atoms with Crippen LogP contribution in [0.4, 0.5) is 0 Å². The number of aromatic nitrogens is 1. The number of oxazole rings is 1. The van der Waals surface area contributed by atoms with Crippen molar-refractivity contribution in [2.24, 2.45) is 0 Å². The van der Waals surface area contributed by atoms with E-state index in [0.717, 1.165) is 11.1 Å². The van der Waals surface area contributed by atoms with Crippen molar-refractivity contribution < 1.29 is 18.6 Å². The minimum absolute atomic E-state index is 0.333. The highest BCUT2D eigenvalue weighted by Gasteiger charge is 2.14. The highest BCUT2D eigenvalue weighted by atomic mass is 35.5. The zero-order valence-corrected chi connectivity index (χ0v) is 15.4. The molecule has 1 heterocycles. The van der Waals surface area contributed by atoms with Crippen LogP contribution in [0.5, 0.6) is 17.2 Å². The lowest BCUT2D eigenvalue weighted by Gasteiger charge is -2.12. The summed E-state index contributed by atoms with van der Waals surface area (Å²) in [4.78, 5) is 4.25. The first-order chi connectivity index (χ1) is 12.7. The molecule has 0 aliphatic rings. The summed E-state index contributed by atoms with van der Waals surface area (Å²) < 4.78 is 21.8. The smallest absolute Gasteiger partial charge is 0.238 e. The van der Waals surface area contributed by atoms with Crippen LogP contribution < -0.4 is 14.2 Å². The van der Waals surface area contributed by atoms with Gasteiger partial charge in [-0.1, -0.05) is 41.9 Å². The standard InChI is InChI=1S/C20H18ClNO4/c1-23-16-10-13(11-17(24-2)19(16)25-3)9-15(21)20-22-12-18(26-20)14-7-5-4-6-8-14/h4-12H,1-3H3/b15-9-. The highest BCUT2D eigenvalue weighted by molar-refractivity contribution is 6.50. The molecular weight excluding hydrogens is 354 g/mol. The quantitative estimate of drug-likeness (QED) is 0.603. The molecule has 0 bridgehead atoms. The van der Waals surface area contributed by atoms with Gasteiger partial charge < -0.3 is 18.6 Å². The number of halogens is 1. The highest BCUT2D eigenvalue weighted by Crippen LogP contribution is 2.39. The maximum atomic E-state index is 6.40. The zero-order chi connectivity index (χ0) is 18.5. The Balaban J connectivity index is 1.94. The van der Waals surface area contributed by atoms with E-state index >= 15 is 0 Å². The summed E-state index contributed by atoms with van der Waals surface area (Å²) in [7, 11) is 4.68. The average Bonchev–Trinajstić information content (AvgIpc) is 3.18. The van der Waals surface area contributed by atoms with Crippen molar-refractivity contribution in [2.75, 3.05) is 21.3 Å². The van der Waals surface area contributed by atoms with Gasteiger partial charge in [0.15, 0.2) is 17.3 Å². The van der Waals surface area contributed by atoms with Gasteiger partial charge in [-0.25, -0.2) is 4.98 Å². The Kier molecular flexibility index (Phi) is 5.49. The monoisotopic (exact) mass is 371 g/mol. The van der Waals surface area contributed by atoms with E-state index in [-0.39, 0.29) is 0 Å². The number of hydrogen-bond donors (Lipinski definition) is 0. The second kappa shape index (κ2) is 7.97. The number of benzene rings is 2. The van der Waals surface area contributed by atoms with Crippen molar-refractivity contribution in [1.29, 1.82) is 0 Å². The van der Waals surface area contributed by atoms with Gasteiger partial charge in [0, 0.05) is 5.56 Å². The fraction of sp³-hybridized carbons (Fsp3) is 0.150. The third-order valence-electron chi connectivity index (χ3n) is 3.75. The molecule has 0 spiro atoms. The molecule has 26 heavy (non-hydrogen) atoms. The number of rotatable bonds is 6. The lowest BCUT2D eigenvalue weighted by molar-refractivity contribution is 0.324. The summed E-state index contributed by atoms with van der Waals surface area (Å²) in [5.41, 5.74) is 1.70. The number of methoxy groups -OCH3 is 3. The van der Waals surface area contributed by atoms with Crippen LogP contribution in [0.25, 0.3) is 22.4 Å². The first-order valence-electron chi connectivity index (χ1n) is 7.85. The Labute approximate surface area is 156 Å². The number of hydrogen-bond acceptors (Lipinski definition) is 5. The molecule has 3 rings (SSSR count). The lowest BCUT2D eigenvalue weighted by Crippen LogP contribution is -1.95. The number of nitrogens with zero attached hydrogens (tertiary/aromatic N) is 1. The van der Waals surface area contributed by atoms with Crippen LogP contribution in [0.3, 0.4) is 0 Å². The molecule has 0 aliphatic carbocycles. The molecule has 0 N–H and O–H groups in total. The first kappa shape index (κ1) is 17.9. The van der Waals surface area contributed by atoms with Gasteiger partial charge in [-0.05, 0) is 23.8 Å². The topological polar surface area (TPSA) is 53.7 Å². The normalized spacial score (nSPS) is 11.3. The number of ether oxygens (including phenoxy) is 3. The molecular formula is C20H18ClNO4. The Morgan fingerprint density at radius 2 is 1.65 bits per heavy atom. The van der Waals surface area contributed by atoms with Crippen LogP contribution in [-0.2, 0) is 0 Å². The van der Waals surface area contributed by atoms with Crippen LogP contribution in [-0.4, -0.2) is 26.3 Å². The molecule has 0 fully saturated rings. The van der Waals surface area contributed by atoms with E-state index in [1.54, 1.807) is 45.7 Å². The van der Waals surface area contributed by atoms with Gasteiger partial charge in [-0.15, -0.1) is 0 Å². The van der Waals surface area contributed by atoms with Crippen molar-refractivity contribution in [1.82, 2.24) is 4.98 Å². The van der Waals surface area contributed by atoms with E-state index in [2.05, 4.69) is 4.98 Å². The molecule has 0 saturated heterocycles. The molecule has 5 nitrogen and oxygen atoms in total. The molecule has 0 aliphatic heterocycles. The second-order valence-corrected chi connectivity index (χ2v) is 5.75. The molecule has 2 aromatic carbocycles. The molecule has 0 radical (unpaired) electrons. The fourth-order valence-electron chi connectivity index (χ4n) is 2.51. The van der Waals surface area contributed by atoms with E-state index in [9.17, 15) is 0 Å². The summed E-state index contributed by atoms with van der Waals surface area (Å²) in [5, 5.41) is 0.362. The fourth-order valence-corrected chi connectivity index (χ4v) is 2.73.